The fraction of sp³-hybridized carbons (Fsp3) is 0.308. The Bertz CT molecular complexity index is 480. The van der Waals surface area contributed by atoms with E-state index in [0.29, 0.717) is 0 Å². The van der Waals surface area contributed by atoms with Crippen molar-refractivity contribution in [1.82, 2.24) is 4.98 Å². The number of anilines is 1. The van der Waals surface area contributed by atoms with Crippen molar-refractivity contribution in [1.29, 1.82) is 0 Å². The van der Waals surface area contributed by atoms with Crippen molar-refractivity contribution in [2.24, 2.45) is 0 Å². The molecule has 0 saturated carbocycles. The second-order valence-corrected chi connectivity index (χ2v) is 3.91. The van der Waals surface area contributed by atoms with E-state index in [1.807, 2.05) is 32.0 Å². The minimum atomic E-state index is 0.0840. The van der Waals surface area contributed by atoms with Crippen molar-refractivity contribution in [2.45, 2.75) is 19.9 Å². The summed E-state index contributed by atoms with van der Waals surface area (Å²) < 4.78 is 10.6. The van der Waals surface area contributed by atoms with Crippen molar-refractivity contribution in [3.63, 3.8) is 0 Å². The smallest absolute Gasteiger partial charge is 0.160 e. The number of hydrogen-bond acceptors (Lipinski definition) is 4. The van der Waals surface area contributed by atoms with Gasteiger partial charge in [-0.25, -0.2) is 0 Å². The molecule has 0 radical (unpaired) electrons. The molecule has 0 fully saturated rings. The monoisotopic (exact) mass is 232 g/mol. The highest BCUT2D eigenvalue weighted by molar-refractivity contribution is 5.56. The fourth-order valence-corrected chi connectivity index (χ4v) is 1.66. The molecule has 2 rings (SSSR count). The van der Waals surface area contributed by atoms with E-state index in [1.54, 1.807) is 19.6 Å². The van der Waals surface area contributed by atoms with Crippen molar-refractivity contribution in [3.05, 3.63) is 42.1 Å². The Hall–Kier alpha value is -1.97. The number of ether oxygens (including phenoxy) is 1. The van der Waals surface area contributed by atoms with Gasteiger partial charge < -0.3 is 14.5 Å². The zero-order valence-corrected chi connectivity index (χ0v) is 10.2. The maximum atomic E-state index is 5.35. The number of furan rings is 1. The van der Waals surface area contributed by atoms with Gasteiger partial charge >= 0.3 is 0 Å². The Morgan fingerprint density at radius 2 is 2.29 bits per heavy atom. The van der Waals surface area contributed by atoms with Crippen molar-refractivity contribution in [2.75, 3.05) is 12.4 Å². The van der Waals surface area contributed by atoms with Gasteiger partial charge in [0.25, 0.3) is 0 Å². The summed E-state index contributed by atoms with van der Waals surface area (Å²) >= 11 is 0. The Morgan fingerprint density at radius 1 is 1.47 bits per heavy atom. The Labute approximate surface area is 101 Å². The minimum absolute atomic E-state index is 0.0840. The molecular weight excluding hydrogens is 216 g/mol. The lowest BCUT2D eigenvalue weighted by Crippen LogP contribution is -2.07. The van der Waals surface area contributed by atoms with Crippen molar-refractivity contribution >= 4 is 5.69 Å². The maximum Gasteiger partial charge on any atom is 0.160 e. The Kier molecular flexibility index (Phi) is 3.32. The molecular formula is C13H16N2O2. The van der Waals surface area contributed by atoms with Crippen LogP contribution in [0.15, 0.2) is 35.1 Å². The Morgan fingerprint density at radius 3 is 2.94 bits per heavy atom. The van der Waals surface area contributed by atoms with E-state index in [1.165, 1.54) is 0 Å². The fourth-order valence-electron chi connectivity index (χ4n) is 1.66. The molecule has 4 heteroatoms. The lowest BCUT2D eigenvalue weighted by Gasteiger charge is -2.15. The third-order valence-electron chi connectivity index (χ3n) is 2.57. The van der Waals surface area contributed by atoms with Gasteiger partial charge in [-0.15, -0.1) is 0 Å². The predicted molar refractivity (Wildman–Crippen MR) is 66.3 cm³/mol. The summed E-state index contributed by atoms with van der Waals surface area (Å²) in [6, 6.07) is 5.86. The first kappa shape index (κ1) is 11.5. The van der Waals surface area contributed by atoms with E-state index < -0.39 is 0 Å². The maximum absolute atomic E-state index is 5.35. The molecule has 0 aliphatic heterocycles. The molecule has 0 amide bonds. The first-order valence-corrected chi connectivity index (χ1v) is 5.51. The summed E-state index contributed by atoms with van der Waals surface area (Å²) in [6.07, 6.45) is 3.38. The van der Waals surface area contributed by atoms with Crippen LogP contribution in [0.4, 0.5) is 5.69 Å². The van der Waals surface area contributed by atoms with Crippen LogP contribution < -0.4 is 10.1 Å². The van der Waals surface area contributed by atoms with E-state index in [-0.39, 0.29) is 6.04 Å². The molecule has 1 unspecified atom stereocenters. The summed E-state index contributed by atoms with van der Waals surface area (Å²) in [6.45, 7) is 3.98. The van der Waals surface area contributed by atoms with Gasteiger partial charge in [-0.1, -0.05) is 0 Å². The second kappa shape index (κ2) is 4.91. The van der Waals surface area contributed by atoms with Gasteiger partial charge in [0, 0.05) is 5.69 Å². The molecule has 0 saturated heterocycles. The number of hydrogen-bond donors (Lipinski definition) is 1. The lowest BCUT2D eigenvalue weighted by atomic mass is 10.2. The molecule has 0 aliphatic carbocycles. The molecule has 0 aromatic carbocycles. The van der Waals surface area contributed by atoms with Crippen LogP contribution >= 0.6 is 0 Å². The normalized spacial score (nSPS) is 12.2. The quantitative estimate of drug-likeness (QED) is 0.879. The number of aryl methyl sites for hydroxylation is 1. The third-order valence-corrected chi connectivity index (χ3v) is 2.57. The highest BCUT2D eigenvalue weighted by Gasteiger charge is 2.11. The molecule has 2 heterocycles. The summed E-state index contributed by atoms with van der Waals surface area (Å²) in [5.74, 6) is 1.62. The second-order valence-electron chi connectivity index (χ2n) is 3.91. The molecule has 0 aliphatic rings. The topological polar surface area (TPSA) is 47.3 Å². The lowest BCUT2D eigenvalue weighted by molar-refractivity contribution is 0.413. The Balaban J connectivity index is 2.20. The van der Waals surface area contributed by atoms with E-state index in [9.17, 15) is 0 Å². The standard InChI is InChI=1S/C13H16N2O2/c1-9-7-11(13(16-3)8-14-9)15-10(2)12-5-4-6-17-12/h4-8,10H,1-3H3,(H,14,15). The van der Waals surface area contributed by atoms with Gasteiger partial charge in [-0.3, -0.25) is 4.98 Å². The number of nitrogens with one attached hydrogen (secondary N) is 1. The number of methoxy groups -OCH3 is 1. The largest absolute Gasteiger partial charge is 0.493 e. The summed E-state index contributed by atoms with van der Waals surface area (Å²) in [5, 5.41) is 3.35. The van der Waals surface area contributed by atoms with Crippen molar-refractivity contribution < 1.29 is 9.15 Å². The molecule has 17 heavy (non-hydrogen) atoms. The van der Waals surface area contributed by atoms with Gasteiger partial charge in [0.15, 0.2) is 5.75 Å². The predicted octanol–water partition coefficient (Wildman–Crippen LogP) is 3.16. The van der Waals surface area contributed by atoms with Gasteiger partial charge in [-0.05, 0) is 32.0 Å². The average molecular weight is 232 g/mol. The van der Waals surface area contributed by atoms with E-state index in [2.05, 4.69) is 10.3 Å². The zero-order valence-electron chi connectivity index (χ0n) is 10.2. The van der Waals surface area contributed by atoms with Crippen LogP contribution in [0.25, 0.3) is 0 Å². The van der Waals surface area contributed by atoms with Crippen LogP contribution in [0.2, 0.25) is 0 Å². The highest BCUT2D eigenvalue weighted by atomic mass is 16.5. The summed E-state index contributed by atoms with van der Waals surface area (Å²) in [5.41, 5.74) is 1.86. The van der Waals surface area contributed by atoms with Gasteiger partial charge in [0.2, 0.25) is 0 Å². The van der Waals surface area contributed by atoms with Crippen LogP contribution in [0.3, 0.4) is 0 Å². The van der Waals surface area contributed by atoms with Crippen molar-refractivity contribution in [3.8, 4) is 5.75 Å². The SMILES string of the molecule is COc1cnc(C)cc1NC(C)c1ccco1. The summed E-state index contributed by atoms with van der Waals surface area (Å²) in [4.78, 5) is 4.19. The highest BCUT2D eigenvalue weighted by Crippen LogP contribution is 2.27. The molecule has 0 bridgehead atoms. The van der Waals surface area contributed by atoms with Crippen LogP contribution in [0.5, 0.6) is 5.75 Å². The molecule has 2 aromatic heterocycles. The third kappa shape index (κ3) is 2.58. The molecule has 2 aromatic rings. The van der Waals surface area contributed by atoms with Gasteiger partial charge in [-0.2, -0.15) is 0 Å². The van der Waals surface area contributed by atoms with Gasteiger partial charge in [0.05, 0.1) is 31.3 Å². The first-order chi connectivity index (χ1) is 8.20. The zero-order chi connectivity index (χ0) is 12.3. The molecule has 1 atom stereocenters. The molecule has 0 spiro atoms. The number of rotatable bonds is 4. The van der Waals surface area contributed by atoms with E-state index >= 15 is 0 Å². The van der Waals surface area contributed by atoms with E-state index in [4.69, 9.17) is 9.15 Å². The summed E-state index contributed by atoms with van der Waals surface area (Å²) in [7, 11) is 1.63. The van der Waals surface area contributed by atoms with Crippen LogP contribution in [0.1, 0.15) is 24.4 Å². The molecule has 4 nitrogen and oxygen atoms in total. The van der Waals surface area contributed by atoms with Crippen LogP contribution in [0, 0.1) is 6.92 Å². The number of nitrogens with zero attached hydrogens (tertiary/aromatic N) is 1. The molecule has 1 N–H and O–H groups in total. The number of aromatic nitrogens is 1. The number of pyridine rings is 1. The minimum Gasteiger partial charge on any atom is -0.493 e. The molecule has 90 valence electrons. The first-order valence-electron chi connectivity index (χ1n) is 5.51. The van der Waals surface area contributed by atoms with Gasteiger partial charge in [0.1, 0.15) is 5.76 Å². The van der Waals surface area contributed by atoms with Crippen LogP contribution in [-0.4, -0.2) is 12.1 Å². The average Bonchev–Trinajstić information content (AvgIpc) is 2.83. The van der Waals surface area contributed by atoms with E-state index in [0.717, 1.165) is 22.9 Å². The van der Waals surface area contributed by atoms with Crippen LogP contribution in [-0.2, 0) is 0 Å².